The Morgan fingerprint density at radius 3 is 2.26 bits per heavy atom. The van der Waals surface area contributed by atoms with Crippen LogP contribution in [0.15, 0.2) is 0 Å². The highest BCUT2D eigenvalue weighted by atomic mass is 16.3. The van der Waals surface area contributed by atoms with Crippen molar-refractivity contribution in [1.29, 1.82) is 0 Å². The highest BCUT2D eigenvalue weighted by molar-refractivity contribution is 5.03. The van der Waals surface area contributed by atoms with E-state index < -0.39 is 0 Å². The van der Waals surface area contributed by atoms with E-state index in [1.165, 1.54) is 32.4 Å². The van der Waals surface area contributed by atoms with Crippen LogP contribution in [0, 0.1) is 23.2 Å². The van der Waals surface area contributed by atoms with Crippen LogP contribution in [0.2, 0.25) is 0 Å². The number of hydrogen-bond acceptors (Lipinski definition) is 3. The highest BCUT2D eigenvalue weighted by Crippen LogP contribution is 2.60. The molecule has 4 aliphatic carbocycles. The minimum Gasteiger partial charge on any atom is -0.395 e. The Kier molecular flexibility index (Phi) is 3.13. The number of nitrogens with zero attached hydrogens (tertiary/aromatic N) is 1. The Labute approximate surface area is 116 Å². The summed E-state index contributed by atoms with van der Waals surface area (Å²) in [5.74, 6) is 3.17. The van der Waals surface area contributed by atoms with E-state index in [4.69, 9.17) is 0 Å². The molecule has 0 spiro atoms. The van der Waals surface area contributed by atoms with Crippen LogP contribution in [0.25, 0.3) is 0 Å². The molecule has 3 nitrogen and oxygen atoms in total. The zero-order chi connectivity index (χ0) is 12.9. The van der Waals surface area contributed by atoms with Gasteiger partial charge in [-0.3, -0.25) is 4.90 Å². The maximum atomic E-state index is 9.35. The summed E-state index contributed by atoms with van der Waals surface area (Å²) in [4.78, 5) is 2.64. The van der Waals surface area contributed by atoms with Crippen molar-refractivity contribution in [3.05, 3.63) is 0 Å². The molecule has 0 amide bonds. The molecule has 1 atom stereocenters. The second-order valence-corrected chi connectivity index (χ2v) is 7.99. The van der Waals surface area contributed by atoms with Crippen molar-refractivity contribution >= 4 is 0 Å². The lowest BCUT2D eigenvalue weighted by Gasteiger charge is -2.58. The molecular formula is C16H28N2O. The lowest BCUT2D eigenvalue weighted by Crippen LogP contribution is -2.57. The van der Waals surface area contributed by atoms with E-state index in [1.54, 1.807) is 19.3 Å². The van der Waals surface area contributed by atoms with Gasteiger partial charge in [0, 0.05) is 32.2 Å². The molecule has 19 heavy (non-hydrogen) atoms. The van der Waals surface area contributed by atoms with E-state index in [0.717, 1.165) is 30.8 Å². The number of nitrogens with one attached hydrogen (secondary N) is 1. The second kappa shape index (κ2) is 4.71. The maximum absolute atomic E-state index is 9.35. The first-order chi connectivity index (χ1) is 9.25. The molecule has 1 aliphatic heterocycles. The highest BCUT2D eigenvalue weighted by Gasteiger charge is 2.51. The molecular weight excluding hydrogens is 236 g/mol. The van der Waals surface area contributed by atoms with Crippen molar-refractivity contribution in [2.45, 2.75) is 44.6 Å². The van der Waals surface area contributed by atoms with Gasteiger partial charge in [-0.05, 0) is 61.7 Å². The Morgan fingerprint density at radius 2 is 1.68 bits per heavy atom. The van der Waals surface area contributed by atoms with Gasteiger partial charge >= 0.3 is 0 Å². The smallest absolute Gasteiger partial charge is 0.0597 e. The SMILES string of the molecule is OCC1CN(CC23CC4CC(CC(C4)C2)C3)CCN1. The Hall–Kier alpha value is -0.120. The zero-order valence-corrected chi connectivity index (χ0v) is 12.0. The Balaban J connectivity index is 1.44. The third-order valence-electron chi connectivity index (χ3n) is 6.28. The van der Waals surface area contributed by atoms with Crippen LogP contribution in [0.1, 0.15) is 38.5 Å². The molecule has 0 aromatic carbocycles. The summed E-state index contributed by atoms with van der Waals surface area (Å²) >= 11 is 0. The molecule has 1 saturated heterocycles. The minimum atomic E-state index is 0.289. The van der Waals surface area contributed by atoms with Crippen molar-refractivity contribution in [3.8, 4) is 0 Å². The number of aliphatic hydroxyl groups is 1. The second-order valence-electron chi connectivity index (χ2n) is 7.99. The van der Waals surface area contributed by atoms with E-state index in [1.807, 2.05) is 0 Å². The third-order valence-corrected chi connectivity index (χ3v) is 6.28. The van der Waals surface area contributed by atoms with Gasteiger partial charge in [-0.25, -0.2) is 0 Å². The molecule has 0 radical (unpaired) electrons. The first-order valence-corrected chi connectivity index (χ1v) is 8.31. The van der Waals surface area contributed by atoms with E-state index in [-0.39, 0.29) is 6.61 Å². The molecule has 4 saturated carbocycles. The molecule has 0 aromatic rings. The van der Waals surface area contributed by atoms with E-state index >= 15 is 0 Å². The first-order valence-electron chi connectivity index (χ1n) is 8.31. The van der Waals surface area contributed by atoms with E-state index in [9.17, 15) is 5.11 Å². The van der Waals surface area contributed by atoms with Crippen LogP contribution in [0.4, 0.5) is 0 Å². The quantitative estimate of drug-likeness (QED) is 0.810. The molecule has 5 fully saturated rings. The molecule has 5 aliphatic rings. The summed E-state index contributed by atoms with van der Waals surface area (Å²) in [7, 11) is 0. The van der Waals surface area contributed by atoms with Gasteiger partial charge in [0.25, 0.3) is 0 Å². The lowest BCUT2D eigenvalue weighted by atomic mass is 9.49. The largest absolute Gasteiger partial charge is 0.395 e. The van der Waals surface area contributed by atoms with Crippen LogP contribution < -0.4 is 5.32 Å². The summed E-state index contributed by atoms with van der Waals surface area (Å²) < 4.78 is 0. The van der Waals surface area contributed by atoms with Gasteiger partial charge in [-0.2, -0.15) is 0 Å². The van der Waals surface area contributed by atoms with Crippen molar-refractivity contribution in [1.82, 2.24) is 10.2 Å². The third kappa shape index (κ3) is 2.34. The summed E-state index contributed by atoms with van der Waals surface area (Å²) in [6.07, 6.45) is 9.15. The molecule has 2 N–H and O–H groups in total. The normalized spacial score (nSPS) is 49.7. The molecule has 1 unspecified atom stereocenters. The van der Waals surface area contributed by atoms with Crippen molar-refractivity contribution in [2.24, 2.45) is 23.2 Å². The maximum Gasteiger partial charge on any atom is 0.0597 e. The van der Waals surface area contributed by atoms with E-state index in [2.05, 4.69) is 10.2 Å². The fraction of sp³-hybridized carbons (Fsp3) is 1.00. The van der Waals surface area contributed by atoms with Gasteiger partial charge < -0.3 is 10.4 Å². The van der Waals surface area contributed by atoms with Crippen LogP contribution >= 0.6 is 0 Å². The molecule has 5 rings (SSSR count). The standard InChI is InChI=1S/C16H28N2O/c19-10-15-9-18(2-1-17-15)11-16-6-12-3-13(7-16)5-14(4-12)8-16/h12-15,17,19H,1-11H2. The average Bonchev–Trinajstić information content (AvgIpc) is 2.36. The van der Waals surface area contributed by atoms with Gasteiger partial charge in [0.1, 0.15) is 0 Å². The topological polar surface area (TPSA) is 35.5 Å². The van der Waals surface area contributed by atoms with Crippen LogP contribution in [0.5, 0.6) is 0 Å². The van der Waals surface area contributed by atoms with Crippen molar-refractivity contribution in [3.63, 3.8) is 0 Å². The number of piperazine rings is 1. The summed E-state index contributed by atoms with van der Waals surface area (Å²) in [6.45, 7) is 4.89. The van der Waals surface area contributed by atoms with Gasteiger partial charge in [0.15, 0.2) is 0 Å². The molecule has 1 heterocycles. The number of aliphatic hydroxyl groups excluding tert-OH is 1. The lowest BCUT2D eigenvalue weighted by molar-refractivity contribution is -0.0725. The summed E-state index contributed by atoms with van der Waals surface area (Å²) in [5, 5.41) is 12.8. The van der Waals surface area contributed by atoms with Crippen molar-refractivity contribution < 1.29 is 5.11 Å². The molecule has 0 aromatic heterocycles. The average molecular weight is 264 g/mol. The molecule has 4 bridgehead atoms. The zero-order valence-electron chi connectivity index (χ0n) is 12.0. The Morgan fingerprint density at radius 1 is 1.05 bits per heavy atom. The fourth-order valence-electron chi connectivity index (χ4n) is 6.12. The fourth-order valence-corrected chi connectivity index (χ4v) is 6.12. The molecule has 108 valence electrons. The number of hydrogen-bond donors (Lipinski definition) is 2. The van der Waals surface area contributed by atoms with Gasteiger partial charge in [0.2, 0.25) is 0 Å². The van der Waals surface area contributed by atoms with Gasteiger partial charge in [0.05, 0.1) is 6.61 Å². The van der Waals surface area contributed by atoms with Crippen LogP contribution in [-0.2, 0) is 0 Å². The van der Waals surface area contributed by atoms with E-state index in [0.29, 0.717) is 11.5 Å². The Bertz CT molecular complexity index is 308. The van der Waals surface area contributed by atoms with Crippen LogP contribution in [-0.4, -0.2) is 48.8 Å². The summed E-state index contributed by atoms with van der Waals surface area (Å²) in [5.41, 5.74) is 0.659. The first kappa shape index (κ1) is 12.6. The van der Waals surface area contributed by atoms with Crippen LogP contribution in [0.3, 0.4) is 0 Å². The summed E-state index contributed by atoms with van der Waals surface area (Å²) in [6, 6.07) is 0.308. The van der Waals surface area contributed by atoms with Gasteiger partial charge in [-0.15, -0.1) is 0 Å². The predicted octanol–water partition coefficient (Wildman–Crippen LogP) is 1.47. The van der Waals surface area contributed by atoms with Crippen molar-refractivity contribution in [2.75, 3.05) is 32.8 Å². The number of rotatable bonds is 3. The predicted molar refractivity (Wildman–Crippen MR) is 75.9 cm³/mol. The molecule has 3 heteroatoms. The van der Waals surface area contributed by atoms with Gasteiger partial charge in [-0.1, -0.05) is 0 Å². The monoisotopic (exact) mass is 264 g/mol. The minimum absolute atomic E-state index is 0.289.